The van der Waals surface area contributed by atoms with Gasteiger partial charge in [0.05, 0.1) is 13.7 Å². The first-order valence-corrected chi connectivity index (χ1v) is 9.73. The lowest BCUT2D eigenvalue weighted by Gasteiger charge is -2.34. The topological polar surface area (TPSA) is 59.1 Å². The van der Waals surface area contributed by atoms with E-state index in [1.54, 1.807) is 14.2 Å². The van der Waals surface area contributed by atoms with E-state index in [0.717, 1.165) is 50.3 Å². The number of ether oxygens (including phenoxy) is 2. The smallest absolute Gasteiger partial charge is 0.254 e. The Morgan fingerprint density at radius 3 is 2.59 bits per heavy atom. The zero-order chi connectivity index (χ0) is 19.4. The molecule has 0 radical (unpaired) electrons. The Bertz CT molecular complexity index is 683. The van der Waals surface area contributed by atoms with Crippen LogP contribution in [0.3, 0.4) is 0 Å². The number of amides is 2. The van der Waals surface area contributed by atoms with Crippen LogP contribution in [0.1, 0.15) is 35.2 Å². The van der Waals surface area contributed by atoms with E-state index in [0.29, 0.717) is 30.4 Å². The van der Waals surface area contributed by atoms with Gasteiger partial charge in [-0.1, -0.05) is 6.07 Å². The van der Waals surface area contributed by atoms with Gasteiger partial charge in [-0.25, -0.2) is 0 Å². The summed E-state index contributed by atoms with van der Waals surface area (Å²) < 4.78 is 10.5. The summed E-state index contributed by atoms with van der Waals surface area (Å²) in [6.45, 7) is 5.66. The molecule has 1 aromatic rings. The highest BCUT2D eigenvalue weighted by Gasteiger charge is 2.32. The lowest BCUT2D eigenvalue weighted by molar-refractivity contribution is -0.128. The summed E-state index contributed by atoms with van der Waals surface area (Å²) in [5.41, 5.74) is 1.60. The summed E-state index contributed by atoms with van der Waals surface area (Å²) in [6.07, 6.45) is 2.47. The molecule has 1 unspecified atom stereocenters. The van der Waals surface area contributed by atoms with E-state index in [-0.39, 0.29) is 11.8 Å². The van der Waals surface area contributed by atoms with Gasteiger partial charge in [-0.3, -0.25) is 9.59 Å². The molecule has 27 heavy (non-hydrogen) atoms. The Balaban J connectivity index is 1.53. The standard InChI is InChI=1S/C21H30N2O4/c1-15-18(5-4-6-19(15)27-3)21(25)22-9-7-16(8-10-22)12-23-13-17(14-26-2)11-20(23)24/h4-6,16-17H,7-14H2,1-3H3. The second-order valence-corrected chi connectivity index (χ2v) is 7.69. The molecule has 1 aromatic carbocycles. The van der Waals surface area contributed by atoms with Crippen molar-refractivity contribution in [2.45, 2.75) is 26.2 Å². The molecule has 2 heterocycles. The maximum absolute atomic E-state index is 12.9. The molecule has 2 aliphatic heterocycles. The van der Waals surface area contributed by atoms with Crippen molar-refractivity contribution in [2.24, 2.45) is 11.8 Å². The van der Waals surface area contributed by atoms with E-state index in [1.165, 1.54) is 0 Å². The molecule has 0 N–H and O–H groups in total. The number of piperidine rings is 1. The Morgan fingerprint density at radius 1 is 1.19 bits per heavy atom. The monoisotopic (exact) mass is 374 g/mol. The quantitative estimate of drug-likeness (QED) is 0.767. The van der Waals surface area contributed by atoms with Crippen molar-refractivity contribution >= 4 is 11.8 Å². The van der Waals surface area contributed by atoms with Crippen LogP contribution in [0.2, 0.25) is 0 Å². The number of hydrogen-bond donors (Lipinski definition) is 0. The van der Waals surface area contributed by atoms with E-state index >= 15 is 0 Å². The summed E-state index contributed by atoms with van der Waals surface area (Å²) in [5.74, 6) is 1.84. The van der Waals surface area contributed by atoms with Crippen molar-refractivity contribution < 1.29 is 19.1 Å². The van der Waals surface area contributed by atoms with Gasteiger partial charge in [0.25, 0.3) is 5.91 Å². The molecule has 2 amide bonds. The number of methoxy groups -OCH3 is 2. The van der Waals surface area contributed by atoms with Gasteiger partial charge in [0.2, 0.25) is 5.91 Å². The Hall–Kier alpha value is -2.08. The van der Waals surface area contributed by atoms with Gasteiger partial charge < -0.3 is 19.3 Å². The number of rotatable bonds is 6. The van der Waals surface area contributed by atoms with Crippen LogP contribution in [0.5, 0.6) is 5.75 Å². The number of nitrogens with zero attached hydrogens (tertiary/aromatic N) is 2. The third-order valence-electron chi connectivity index (χ3n) is 5.81. The lowest BCUT2D eigenvalue weighted by atomic mass is 9.95. The Labute approximate surface area is 161 Å². The number of carbonyl (C=O) groups excluding carboxylic acids is 2. The van der Waals surface area contributed by atoms with Crippen LogP contribution in [0.4, 0.5) is 0 Å². The molecule has 6 nitrogen and oxygen atoms in total. The fraction of sp³-hybridized carbons (Fsp3) is 0.619. The van der Waals surface area contributed by atoms with Crippen LogP contribution < -0.4 is 4.74 Å². The first-order valence-electron chi connectivity index (χ1n) is 9.73. The highest BCUT2D eigenvalue weighted by Crippen LogP contribution is 2.26. The summed E-state index contributed by atoms with van der Waals surface area (Å²) in [7, 11) is 3.31. The summed E-state index contributed by atoms with van der Waals surface area (Å²) in [5, 5.41) is 0. The largest absolute Gasteiger partial charge is 0.496 e. The first-order chi connectivity index (χ1) is 13.0. The molecule has 0 bridgehead atoms. The molecule has 0 spiro atoms. The van der Waals surface area contributed by atoms with Crippen LogP contribution in [0.15, 0.2) is 18.2 Å². The lowest BCUT2D eigenvalue weighted by Crippen LogP contribution is -2.42. The maximum Gasteiger partial charge on any atom is 0.254 e. The predicted octanol–water partition coefficient (Wildman–Crippen LogP) is 2.35. The zero-order valence-corrected chi connectivity index (χ0v) is 16.6. The Kier molecular flexibility index (Phi) is 6.37. The fourth-order valence-electron chi connectivity index (χ4n) is 4.25. The second kappa shape index (κ2) is 8.74. The van der Waals surface area contributed by atoms with E-state index in [9.17, 15) is 9.59 Å². The molecule has 1 atom stereocenters. The molecule has 3 rings (SSSR count). The minimum absolute atomic E-state index is 0.0715. The molecule has 6 heteroatoms. The highest BCUT2D eigenvalue weighted by molar-refractivity contribution is 5.96. The van der Waals surface area contributed by atoms with E-state index in [2.05, 4.69) is 0 Å². The Morgan fingerprint density at radius 2 is 1.93 bits per heavy atom. The van der Waals surface area contributed by atoms with E-state index in [4.69, 9.17) is 9.47 Å². The molecular formula is C21H30N2O4. The SMILES string of the molecule is COCC1CC(=O)N(CC2CCN(C(=O)c3cccc(OC)c3C)CC2)C1. The maximum atomic E-state index is 12.9. The van der Waals surface area contributed by atoms with Crippen LogP contribution in [-0.4, -0.2) is 68.6 Å². The average molecular weight is 374 g/mol. The van der Waals surface area contributed by atoms with Gasteiger partial charge in [0.15, 0.2) is 0 Å². The number of likely N-dealkylation sites (tertiary alicyclic amines) is 2. The van der Waals surface area contributed by atoms with Crippen LogP contribution in [0.25, 0.3) is 0 Å². The number of carbonyl (C=O) groups is 2. The van der Waals surface area contributed by atoms with Crippen molar-refractivity contribution in [1.82, 2.24) is 9.80 Å². The van der Waals surface area contributed by atoms with Gasteiger partial charge in [-0.05, 0) is 37.8 Å². The number of benzene rings is 1. The zero-order valence-electron chi connectivity index (χ0n) is 16.6. The molecule has 2 saturated heterocycles. The van der Waals surface area contributed by atoms with Crippen molar-refractivity contribution in [3.8, 4) is 5.75 Å². The summed E-state index contributed by atoms with van der Waals surface area (Å²) in [6, 6.07) is 5.61. The van der Waals surface area contributed by atoms with Crippen LogP contribution in [-0.2, 0) is 9.53 Å². The average Bonchev–Trinajstić information content (AvgIpc) is 3.01. The van der Waals surface area contributed by atoms with Crippen molar-refractivity contribution in [3.63, 3.8) is 0 Å². The predicted molar refractivity (Wildman–Crippen MR) is 103 cm³/mol. The van der Waals surface area contributed by atoms with Crippen LogP contribution in [0, 0.1) is 18.8 Å². The summed E-state index contributed by atoms with van der Waals surface area (Å²) in [4.78, 5) is 29.0. The molecule has 2 aliphatic rings. The molecule has 0 aliphatic carbocycles. The van der Waals surface area contributed by atoms with Gasteiger partial charge in [-0.2, -0.15) is 0 Å². The van der Waals surface area contributed by atoms with Gasteiger partial charge >= 0.3 is 0 Å². The minimum Gasteiger partial charge on any atom is -0.496 e. The molecule has 148 valence electrons. The molecule has 0 aromatic heterocycles. The molecular weight excluding hydrogens is 344 g/mol. The first kappa shape index (κ1) is 19.7. The van der Waals surface area contributed by atoms with Crippen molar-refractivity contribution in [2.75, 3.05) is 47.0 Å². The normalized spacial score (nSPS) is 21.0. The van der Waals surface area contributed by atoms with Crippen molar-refractivity contribution in [1.29, 1.82) is 0 Å². The van der Waals surface area contributed by atoms with E-state index < -0.39 is 0 Å². The third kappa shape index (κ3) is 4.43. The van der Waals surface area contributed by atoms with Gasteiger partial charge in [0.1, 0.15) is 5.75 Å². The number of hydrogen-bond acceptors (Lipinski definition) is 4. The third-order valence-corrected chi connectivity index (χ3v) is 5.81. The van der Waals surface area contributed by atoms with Crippen LogP contribution >= 0.6 is 0 Å². The molecule has 2 fully saturated rings. The fourth-order valence-corrected chi connectivity index (χ4v) is 4.25. The van der Waals surface area contributed by atoms with E-state index in [1.807, 2.05) is 34.9 Å². The summed E-state index contributed by atoms with van der Waals surface area (Å²) >= 11 is 0. The van der Waals surface area contributed by atoms with Gasteiger partial charge in [-0.15, -0.1) is 0 Å². The second-order valence-electron chi connectivity index (χ2n) is 7.69. The van der Waals surface area contributed by atoms with Gasteiger partial charge in [0, 0.05) is 56.8 Å². The van der Waals surface area contributed by atoms with Crippen molar-refractivity contribution in [3.05, 3.63) is 29.3 Å². The highest BCUT2D eigenvalue weighted by atomic mass is 16.5. The molecule has 0 saturated carbocycles. The minimum atomic E-state index is 0.0715.